The van der Waals surface area contributed by atoms with Gasteiger partial charge in [0.2, 0.25) is 5.88 Å². The lowest BCUT2D eigenvalue weighted by Gasteiger charge is -2.24. The van der Waals surface area contributed by atoms with Crippen molar-refractivity contribution < 1.29 is 9.47 Å². The number of nitrogens with zero attached hydrogens (tertiary/aromatic N) is 2. The molecule has 3 rings (SSSR count). The van der Waals surface area contributed by atoms with Gasteiger partial charge in [0.15, 0.2) is 0 Å². The quantitative estimate of drug-likeness (QED) is 0.903. The van der Waals surface area contributed by atoms with E-state index in [0.29, 0.717) is 5.92 Å². The molecule has 0 unspecified atom stereocenters. The van der Waals surface area contributed by atoms with Crippen molar-refractivity contribution in [1.29, 1.82) is 0 Å². The molecular formula is C14H21N3O2. The molecule has 2 aliphatic rings. The van der Waals surface area contributed by atoms with Gasteiger partial charge in [0.25, 0.3) is 0 Å². The standard InChI is InChI=1S/C14H21N3O2/c1-9-12(15-2)16-13(10-3-4-10)17-14(9)19-11-5-7-18-8-6-11/h10-11H,3-8H2,1-2H3,(H,15,16,17). The molecule has 0 spiro atoms. The molecule has 1 aliphatic heterocycles. The van der Waals surface area contributed by atoms with Crippen molar-refractivity contribution in [1.82, 2.24) is 9.97 Å². The summed E-state index contributed by atoms with van der Waals surface area (Å²) in [5.41, 5.74) is 0.999. The van der Waals surface area contributed by atoms with Gasteiger partial charge < -0.3 is 14.8 Å². The number of aromatic nitrogens is 2. The maximum absolute atomic E-state index is 6.08. The lowest BCUT2D eigenvalue weighted by Crippen LogP contribution is -2.26. The zero-order chi connectivity index (χ0) is 13.2. The van der Waals surface area contributed by atoms with Crippen molar-refractivity contribution in [2.45, 2.75) is 44.6 Å². The van der Waals surface area contributed by atoms with E-state index in [9.17, 15) is 0 Å². The van der Waals surface area contributed by atoms with E-state index in [1.54, 1.807) is 0 Å². The van der Waals surface area contributed by atoms with Gasteiger partial charge in [0, 0.05) is 25.8 Å². The Balaban J connectivity index is 1.83. The maximum atomic E-state index is 6.08. The molecule has 5 nitrogen and oxygen atoms in total. The van der Waals surface area contributed by atoms with Crippen LogP contribution >= 0.6 is 0 Å². The molecule has 19 heavy (non-hydrogen) atoms. The van der Waals surface area contributed by atoms with Crippen LogP contribution in [0.5, 0.6) is 5.88 Å². The van der Waals surface area contributed by atoms with Crippen LogP contribution in [0.4, 0.5) is 5.82 Å². The normalized spacial score (nSPS) is 20.3. The number of hydrogen-bond donors (Lipinski definition) is 1. The Morgan fingerprint density at radius 1 is 1.16 bits per heavy atom. The first-order valence-electron chi connectivity index (χ1n) is 7.08. The highest BCUT2D eigenvalue weighted by Gasteiger charge is 2.29. The number of nitrogens with one attached hydrogen (secondary N) is 1. The molecule has 1 aromatic rings. The summed E-state index contributed by atoms with van der Waals surface area (Å²) in [5.74, 6) is 3.09. The Kier molecular flexibility index (Phi) is 3.55. The fourth-order valence-corrected chi connectivity index (χ4v) is 2.35. The zero-order valence-electron chi connectivity index (χ0n) is 11.6. The molecule has 0 bridgehead atoms. The molecule has 0 amide bonds. The van der Waals surface area contributed by atoms with Crippen LogP contribution in [0.25, 0.3) is 0 Å². The summed E-state index contributed by atoms with van der Waals surface area (Å²) >= 11 is 0. The van der Waals surface area contributed by atoms with Crippen LogP contribution in [0.2, 0.25) is 0 Å². The topological polar surface area (TPSA) is 56.3 Å². The first-order chi connectivity index (χ1) is 9.28. The van der Waals surface area contributed by atoms with Crippen molar-refractivity contribution in [2.24, 2.45) is 0 Å². The maximum Gasteiger partial charge on any atom is 0.222 e. The molecule has 2 heterocycles. The van der Waals surface area contributed by atoms with E-state index < -0.39 is 0 Å². The number of ether oxygens (including phenoxy) is 2. The zero-order valence-corrected chi connectivity index (χ0v) is 11.6. The molecule has 1 N–H and O–H groups in total. The van der Waals surface area contributed by atoms with Gasteiger partial charge in [0.05, 0.1) is 18.8 Å². The fraction of sp³-hybridized carbons (Fsp3) is 0.714. The van der Waals surface area contributed by atoms with Crippen molar-refractivity contribution in [2.75, 3.05) is 25.6 Å². The van der Waals surface area contributed by atoms with Crippen molar-refractivity contribution in [3.8, 4) is 5.88 Å². The van der Waals surface area contributed by atoms with Crippen LogP contribution in [0.3, 0.4) is 0 Å². The second-order valence-corrected chi connectivity index (χ2v) is 5.31. The summed E-state index contributed by atoms with van der Waals surface area (Å²) in [6, 6.07) is 0. The van der Waals surface area contributed by atoms with E-state index in [1.165, 1.54) is 12.8 Å². The van der Waals surface area contributed by atoms with Crippen LogP contribution in [-0.2, 0) is 4.74 Å². The van der Waals surface area contributed by atoms with E-state index in [2.05, 4.69) is 15.3 Å². The van der Waals surface area contributed by atoms with Crippen LogP contribution in [0.15, 0.2) is 0 Å². The molecule has 0 aromatic carbocycles. The Morgan fingerprint density at radius 3 is 2.53 bits per heavy atom. The van der Waals surface area contributed by atoms with E-state index in [1.807, 2.05) is 14.0 Å². The molecular weight excluding hydrogens is 242 g/mol. The van der Waals surface area contributed by atoms with Crippen LogP contribution in [0, 0.1) is 6.92 Å². The Bertz CT molecular complexity index is 454. The van der Waals surface area contributed by atoms with Crippen molar-refractivity contribution >= 4 is 5.82 Å². The first kappa shape index (κ1) is 12.7. The summed E-state index contributed by atoms with van der Waals surface area (Å²) in [6.45, 7) is 3.57. The molecule has 1 aliphatic carbocycles. The van der Waals surface area contributed by atoms with Crippen molar-refractivity contribution in [3.05, 3.63) is 11.4 Å². The highest BCUT2D eigenvalue weighted by Crippen LogP contribution is 2.40. The summed E-state index contributed by atoms with van der Waals surface area (Å²) < 4.78 is 11.4. The minimum absolute atomic E-state index is 0.221. The third kappa shape index (κ3) is 2.81. The van der Waals surface area contributed by atoms with Crippen LogP contribution in [-0.4, -0.2) is 36.3 Å². The second-order valence-electron chi connectivity index (χ2n) is 5.31. The van der Waals surface area contributed by atoms with Gasteiger partial charge >= 0.3 is 0 Å². The SMILES string of the molecule is CNc1nc(C2CC2)nc(OC2CCOCC2)c1C. The number of hydrogen-bond acceptors (Lipinski definition) is 5. The molecule has 0 radical (unpaired) electrons. The third-order valence-corrected chi connectivity index (χ3v) is 3.74. The predicted molar refractivity (Wildman–Crippen MR) is 72.8 cm³/mol. The van der Waals surface area contributed by atoms with Gasteiger partial charge in [-0.3, -0.25) is 0 Å². The highest BCUT2D eigenvalue weighted by atomic mass is 16.5. The van der Waals surface area contributed by atoms with Gasteiger partial charge in [-0.15, -0.1) is 0 Å². The molecule has 2 fully saturated rings. The van der Waals surface area contributed by atoms with Crippen LogP contribution < -0.4 is 10.1 Å². The minimum Gasteiger partial charge on any atom is -0.474 e. The smallest absolute Gasteiger partial charge is 0.222 e. The number of anilines is 1. The lowest BCUT2D eigenvalue weighted by molar-refractivity contribution is 0.0233. The summed E-state index contributed by atoms with van der Waals surface area (Å²) in [6.07, 6.45) is 4.50. The largest absolute Gasteiger partial charge is 0.474 e. The Labute approximate surface area is 113 Å². The van der Waals surface area contributed by atoms with Gasteiger partial charge in [-0.2, -0.15) is 4.98 Å². The van der Waals surface area contributed by atoms with Gasteiger partial charge in [-0.1, -0.05) is 0 Å². The Hall–Kier alpha value is -1.36. The predicted octanol–water partition coefficient (Wildman–Crippen LogP) is 2.26. The average molecular weight is 263 g/mol. The molecule has 1 saturated carbocycles. The van der Waals surface area contributed by atoms with E-state index in [0.717, 1.165) is 49.1 Å². The summed E-state index contributed by atoms with van der Waals surface area (Å²) in [7, 11) is 1.89. The summed E-state index contributed by atoms with van der Waals surface area (Å²) in [5, 5.41) is 3.14. The molecule has 1 saturated heterocycles. The average Bonchev–Trinajstić information content (AvgIpc) is 3.27. The Morgan fingerprint density at radius 2 is 1.89 bits per heavy atom. The van der Waals surface area contributed by atoms with Gasteiger partial charge in [-0.25, -0.2) is 4.98 Å². The molecule has 104 valence electrons. The van der Waals surface area contributed by atoms with E-state index in [-0.39, 0.29) is 6.10 Å². The monoisotopic (exact) mass is 263 g/mol. The molecule has 5 heteroatoms. The third-order valence-electron chi connectivity index (χ3n) is 3.74. The number of rotatable bonds is 4. The second kappa shape index (κ2) is 5.33. The van der Waals surface area contributed by atoms with E-state index >= 15 is 0 Å². The van der Waals surface area contributed by atoms with Crippen LogP contribution in [0.1, 0.15) is 43.0 Å². The van der Waals surface area contributed by atoms with Gasteiger partial charge in [-0.05, 0) is 19.8 Å². The van der Waals surface area contributed by atoms with E-state index in [4.69, 9.17) is 9.47 Å². The highest BCUT2D eigenvalue weighted by molar-refractivity contribution is 5.48. The lowest BCUT2D eigenvalue weighted by atomic mass is 10.1. The minimum atomic E-state index is 0.221. The molecule has 0 atom stereocenters. The first-order valence-corrected chi connectivity index (χ1v) is 7.08. The molecule has 1 aromatic heterocycles. The summed E-state index contributed by atoms with van der Waals surface area (Å²) in [4.78, 5) is 9.20. The van der Waals surface area contributed by atoms with Crippen molar-refractivity contribution in [3.63, 3.8) is 0 Å². The van der Waals surface area contributed by atoms with Gasteiger partial charge in [0.1, 0.15) is 17.7 Å². The fourth-order valence-electron chi connectivity index (χ4n) is 2.35.